The van der Waals surface area contributed by atoms with Crippen molar-refractivity contribution in [1.29, 1.82) is 0 Å². The fourth-order valence-electron chi connectivity index (χ4n) is 3.91. The number of amides is 3. The Kier molecular flexibility index (Phi) is 6.43. The first-order chi connectivity index (χ1) is 14.1. The standard InChI is InChI=1S/C22H28N2O6/c1-22(2,3)29-21(28)23-15(12-14-8-4-5-9-14)13-18(25)30-24-19(26)16-10-6-7-11-17(16)20(24)27/h6-7,10-11,14-15H,4-5,8-9,12-13H2,1-3H3,(H,23,28). The summed E-state index contributed by atoms with van der Waals surface area (Å²) in [5.74, 6) is -1.70. The molecule has 1 aliphatic heterocycles. The van der Waals surface area contributed by atoms with Crippen LogP contribution in [0.25, 0.3) is 0 Å². The van der Waals surface area contributed by atoms with Crippen LogP contribution in [0.4, 0.5) is 4.79 Å². The van der Waals surface area contributed by atoms with Gasteiger partial charge in [0.25, 0.3) is 11.8 Å². The van der Waals surface area contributed by atoms with Crippen LogP contribution in [-0.2, 0) is 14.4 Å². The predicted molar refractivity (Wildman–Crippen MR) is 107 cm³/mol. The lowest BCUT2D eigenvalue weighted by Crippen LogP contribution is -2.42. The second kappa shape index (κ2) is 8.85. The Hall–Kier alpha value is -2.90. The molecular weight excluding hydrogens is 388 g/mol. The molecule has 0 aromatic heterocycles. The summed E-state index contributed by atoms with van der Waals surface area (Å²) in [5, 5.41) is 3.24. The number of rotatable bonds is 6. The molecule has 8 nitrogen and oxygen atoms in total. The van der Waals surface area contributed by atoms with E-state index in [2.05, 4.69) is 5.32 Å². The van der Waals surface area contributed by atoms with Gasteiger partial charge < -0.3 is 14.9 Å². The first-order valence-corrected chi connectivity index (χ1v) is 10.3. The first kappa shape index (κ1) is 21.8. The summed E-state index contributed by atoms with van der Waals surface area (Å²) in [6.07, 6.45) is 4.17. The van der Waals surface area contributed by atoms with Crippen molar-refractivity contribution in [2.75, 3.05) is 0 Å². The van der Waals surface area contributed by atoms with Crippen LogP contribution in [0.3, 0.4) is 0 Å². The van der Waals surface area contributed by atoms with Gasteiger partial charge in [-0.1, -0.05) is 42.9 Å². The molecule has 3 rings (SSSR count). The Morgan fingerprint density at radius 2 is 1.67 bits per heavy atom. The third-order valence-corrected chi connectivity index (χ3v) is 5.18. The highest BCUT2D eigenvalue weighted by Gasteiger charge is 2.39. The highest BCUT2D eigenvalue weighted by Crippen LogP contribution is 2.30. The van der Waals surface area contributed by atoms with E-state index in [0.29, 0.717) is 17.4 Å². The lowest BCUT2D eigenvalue weighted by Gasteiger charge is -2.25. The van der Waals surface area contributed by atoms with E-state index < -0.39 is 35.5 Å². The van der Waals surface area contributed by atoms with Crippen molar-refractivity contribution in [3.05, 3.63) is 35.4 Å². The number of nitrogens with one attached hydrogen (secondary N) is 1. The van der Waals surface area contributed by atoms with E-state index in [1.165, 1.54) is 12.1 Å². The maximum absolute atomic E-state index is 12.5. The molecule has 1 aliphatic carbocycles. The Labute approximate surface area is 175 Å². The molecule has 8 heteroatoms. The number of carbonyl (C=O) groups excluding carboxylic acids is 4. The minimum absolute atomic E-state index is 0.164. The fraction of sp³-hybridized carbons (Fsp3) is 0.545. The maximum Gasteiger partial charge on any atom is 0.407 e. The third-order valence-electron chi connectivity index (χ3n) is 5.18. The van der Waals surface area contributed by atoms with Crippen molar-refractivity contribution in [2.45, 2.75) is 70.9 Å². The highest BCUT2D eigenvalue weighted by molar-refractivity contribution is 6.20. The largest absolute Gasteiger partial charge is 0.444 e. The number of fused-ring (bicyclic) bond motifs is 1. The molecule has 0 bridgehead atoms. The second-order valence-corrected chi connectivity index (χ2v) is 8.85. The van der Waals surface area contributed by atoms with Crippen molar-refractivity contribution >= 4 is 23.9 Å². The van der Waals surface area contributed by atoms with E-state index in [1.807, 2.05) is 0 Å². The molecule has 1 N–H and O–H groups in total. The summed E-state index contributed by atoms with van der Waals surface area (Å²) in [5.41, 5.74) is -0.266. The number of alkyl carbamates (subject to hydrolysis) is 1. The molecule has 1 unspecified atom stereocenters. The summed E-state index contributed by atoms with van der Waals surface area (Å²) in [7, 11) is 0. The molecule has 2 aliphatic rings. The number of imide groups is 1. The van der Waals surface area contributed by atoms with E-state index in [-0.39, 0.29) is 17.5 Å². The van der Waals surface area contributed by atoms with Crippen molar-refractivity contribution in [1.82, 2.24) is 10.4 Å². The van der Waals surface area contributed by atoms with E-state index in [0.717, 1.165) is 25.7 Å². The van der Waals surface area contributed by atoms with Gasteiger partial charge in [-0.25, -0.2) is 9.59 Å². The van der Waals surface area contributed by atoms with Gasteiger partial charge in [-0.15, -0.1) is 0 Å². The smallest absolute Gasteiger partial charge is 0.407 e. The zero-order valence-corrected chi connectivity index (χ0v) is 17.6. The topological polar surface area (TPSA) is 102 Å². The van der Waals surface area contributed by atoms with Gasteiger partial charge in [-0.3, -0.25) is 9.59 Å². The van der Waals surface area contributed by atoms with E-state index in [4.69, 9.17) is 9.57 Å². The highest BCUT2D eigenvalue weighted by atomic mass is 16.7. The van der Waals surface area contributed by atoms with Crippen molar-refractivity contribution in [2.24, 2.45) is 5.92 Å². The van der Waals surface area contributed by atoms with Gasteiger partial charge in [0.05, 0.1) is 17.5 Å². The van der Waals surface area contributed by atoms with Crippen LogP contribution >= 0.6 is 0 Å². The van der Waals surface area contributed by atoms with Crippen molar-refractivity contribution in [3.8, 4) is 0 Å². The maximum atomic E-state index is 12.5. The second-order valence-electron chi connectivity index (χ2n) is 8.85. The Balaban J connectivity index is 1.63. The van der Waals surface area contributed by atoms with Crippen LogP contribution < -0.4 is 5.32 Å². The van der Waals surface area contributed by atoms with Crippen LogP contribution in [-0.4, -0.2) is 40.6 Å². The molecule has 0 saturated heterocycles. The van der Waals surface area contributed by atoms with E-state index in [9.17, 15) is 19.2 Å². The number of hydrogen-bond donors (Lipinski definition) is 1. The number of benzene rings is 1. The Morgan fingerprint density at radius 3 is 2.20 bits per heavy atom. The van der Waals surface area contributed by atoms with Gasteiger partial charge in [0.15, 0.2) is 0 Å². The molecular formula is C22H28N2O6. The number of hydroxylamine groups is 2. The Morgan fingerprint density at radius 1 is 1.10 bits per heavy atom. The summed E-state index contributed by atoms with van der Waals surface area (Å²) in [6, 6.07) is 5.79. The lowest BCUT2D eigenvalue weighted by molar-refractivity contribution is -0.169. The lowest BCUT2D eigenvalue weighted by atomic mass is 9.96. The quantitative estimate of drug-likeness (QED) is 0.711. The summed E-state index contributed by atoms with van der Waals surface area (Å²) < 4.78 is 5.30. The molecule has 30 heavy (non-hydrogen) atoms. The van der Waals surface area contributed by atoms with Gasteiger partial charge in [-0.2, -0.15) is 0 Å². The molecule has 3 amide bonds. The molecule has 1 fully saturated rings. The number of ether oxygens (including phenoxy) is 1. The van der Waals surface area contributed by atoms with Crippen molar-refractivity contribution in [3.63, 3.8) is 0 Å². The number of nitrogens with zero attached hydrogens (tertiary/aromatic N) is 1. The molecule has 1 atom stereocenters. The summed E-state index contributed by atoms with van der Waals surface area (Å²) in [4.78, 5) is 54.6. The monoisotopic (exact) mass is 416 g/mol. The fourth-order valence-corrected chi connectivity index (χ4v) is 3.91. The predicted octanol–water partition coefficient (Wildman–Crippen LogP) is 3.60. The minimum Gasteiger partial charge on any atom is -0.444 e. The van der Waals surface area contributed by atoms with Gasteiger partial charge in [0, 0.05) is 6.04 Å². The molecule has 0 spiro atoms. The average Bonchev–Trinajstić information content (AvgIpc) is 3.23. The van der Waals surface area contributed by atoms with Crippen molar-refractivity contribution < 1.29 is 28.8 Å². The SMILES string of the molecule is CC(C)(C)OC(=O)NC(CC(=O)ON1C(=O)c2ccccc2C1=O)CC1CCCC1. The summed E-state index contributed by atoms with van der Waals surface area (Å²) >= 11 is 0. The van der Waals surface area contributed by atoms with Gasteiger partial charge in [0.1, 0.15) is 5.60 Å². The molecule has 1 aromatic rings. The third kappa shape index (κ3) is 5.37. The van der Waals surface area contributed by atoms with Crippen LogP contribution in [0.5, 0.6) is 0 Å². The number of hydrogen-bond acceptors (Lipinski definition) is 6. The van der Waals surface area contributed by atoms with Crippen LogP contribution in [0, 0.1) is 5.92 Å². The van der Waals surface area contributed by atoms with Gasteiger partial charge in [0.2, 0.25) is 0 Å². The Bertz CT molecular complexity index is 803. The van der Waals surface area contributed by atoms with Crippen LogP contribution in [0.15, 0.2) is 24.3 Å². The molecule has 1 saturated carbocycles. The normalized spacial score (nSPS) is 17.6. The number of carbonyl (C=O) groups is 4. The average molecular weight is 416 g/mol. The first-order valence-electron chi connectivity index (χ1n) is 10.3. The molecule has 1 heterocycles. The summed E-state index contributed by atoms with van der Waals surface area (Å²) in [6.45, 7) is 5.28. The van der Waals surface area contributed by atoms with Crippen LogP contribution in [0.1, 0.15) is 80.0 Å². The zero-order valence-electron chi connectivity index (χ0n) is 17.6. The minimum atomic E-state index is -0.761. The van der Waals surface area contributed by atoms with Gasteiger partial charge in [-0.05, 0) is 45.2 Å². The van der Waals surface area contributed by atoms with Gasteiger partial charge >= 0.3 is 12.1 Å². The molecule has 162 valence electrons. The zero-order chi connectivity index (χ0) is 21.9. The van der Waals surface area contributed by atoms with E-state index in [1.54, 1.807) is 32.9 Å². The van der Waals surface area contributed by atoms with Crippen LogP contribution in [0.2, 0.25) is 0 Å². The molecule has 0 radical (unpaired) electrons. The van der Waals surface area contributed by atoms with E-state index >= 15 is 0 Å². The molecule has 1 aromatic carbocycles.